The zero-order chi connectivity index (χ0) is 23.4. The standard InChI is InChI=1S/C23H16Cl3N3O4/c24-16-9-18(25)21(19(26)10-16)32-11-13-2-1-3-15(8-13)23-28-22(29-33-23)14-4-6-17(7-5-14)31-12-20(27)30/h1-10H,11-12H2,(H2,27,30). The van der Waals surface area contributed by atoms with E-state index in [2.05, 4.69) is 10.1 Å². The summed E-state index contributed by atoms with van der Waals surface area (Å²) in [4.78, 5) is 15.3. The van der Waals surface area contributed by atoms with Crippen molar-refractivity contribution in [2.24, 2.45) is 5.73 Å². The van der Waals surface area contributed by atoms with Crippen LogP contribution in [0.1, 0.15) is 5.56 Å². The molecule has 2 N–H and O–H groups in total. The minimum absolute atomic E-state index is 0.192. The second-order valence-electron chi connectivity index (χ2n) is 6.89. The molecule has 1 heterocycles. The van der Waals surface area contributed by atoms with Gasteiger partial charge in [0.1, 0.15) is 12.4 Å². The molecule has 0 bridgehead atoms. The number of amides is 1. The van der Waals surface area contributed by atoms with E-state index in [0.717, 1.165) is 16.7 Å². The Labute approximate surface area is 204 Å². The van der Waals surface area contributed by atoms with Gasteiger partial charge in [-0.05, 0) is 54.1 Å². The average molecular weight is 505 g/mol. The molecular formula is C23H16Cl3N3O4. The van der Waals surface area contributed by atoms with Crippen LogP contribution >= 0.6 is 34.8 Å². The van der Waals surface area contributed by atoms with Crippen LogP contribution < -0.4 is 15.2 Å². The molecule has 10 heteroatoms. The van der Waals surface area contributed by atoms with Crippen molar-refractivity contribution in [3.05, 3.63) is 81.3 Å². The Morgan fingerprint density at radius 1 is 0.939 bits per heavy atom. The van der Waals surface area contributed by atoms with Gasteiger partial charge in [-0.15, -0.1) is 0 Å². The van der Waals surface area contributed by atoms with E-state index in [1.54, 1.807) is 36.4 Å². The smallest absolute Gasteiger partial charge is 0.258 e. The number of carbonyl (C=O) groups is 1. The van der Waals surface area contributed by atoms with Crippen molar-refractivity contribution in [3.8, 4) is 34.3 Å². The van der Waals surface area contributed by atoms with Crippen molar-refractivity contribution in [1.82, 2.24) is 10.1 Å². The number of halogens is 3. The molecule has 0 fully saturated rings. The van der Waals surface area contributed by atoms with Crippen molar-refractivity contribution < 1.29 is 18.8 Å². The molecule has 0 saturated carbocycles. The third-order valence-electron chi connectivity index (χ3n) is 4.44. The quantitative estimate of drug-likeness (QED) is 0.325. The third-order valence-corrected chi connectivity index (χ3v) is 5.22. The highest BCUT2D eigenvalue weighted by molar-refractivity contribution is 6.40. The van der Waals surface area contributed by atoms with Gasteiger partial charge in [0.2, 0.25) is 5.82 Å². The Morgan fingerprint density at radius 3 is 2.36 bits per heavy atom. The average Bonchev–Trinajstić information content (AvgIpc) is 3.28. The number of nitrogens with zero attached hydrogens (tertiary/aromatic N) is 2. The van der Waals surface area contributed by atoms with Crippen LogP contribution in [-0.4, -0.2) is 22.7 Å². The maximum atomic E-state index is 10.8. The van der Waals surface area contributed by atoms with Crippen LogP contribution in [0.4, 0.5) is 0 Å². The molecule has 0 saturated heterocycles. The minimum Gasteiger partial charge on any atom is -0.486 e. The van der Waals surface area contributed by atoms with Crippen molar-refractivity contribution in [3.63, 3.8) is 0 Å². The fourth-order valence-corrected chi connectivity index (χ4v) is 3.86. The summed E-state index contributed by atoms with van der Waals surface area (Å²) in [5.74, 6) is 1.08. The van der Waals surface area contributed by atoms with E-state index in [-0.39, 0.29) is 13.2 Å². The maximum absolute atomic E-state index is 10.8. The number of ether oxygens (including phenoxy) is 2. The molecule has 3 aromatic carbocycles. The molecule has 0 atom stereocenters. The Kier molecular flexibility index (Phi) is 7.03. The molecule has 1 aromatic heterocycles. The van der Waals surface area contributed by atoms with Gasteiger partial charge in [0.25, 0.3) is 11.8 Å². The normalized spacial score (nSPS) is 10.8. The van der Waals surface area contributed by atoms with Gasteiger partial charge in [0.15, 0.2) is 12.4 Å². The lowest BCUT2D eigenvalue weighted by Crippen LogP contribution is -2.19. The third kappa shape index (κ3) is 5.76. The highest BCUT2D eigenvalue weighted by Crippen LogP contribution is 2.36. The molecule has 0 unspecified atom stereocenters. The molecule has 168 valence electrons. The van der Waals surface area contributed by atoms with E-state index in [1.165, 1.54) is 0 Å². The lowest BCUT2D eigenvalue weighted by Gasteiger charge is -2.10. The lowest BCUT2D eigenvalue weighted by atomic mass is 10.1. The maximum Gasteiger partial charge on any atom is 0.258 e. The van der Waals surface area contributed by atoms with E-state index in [9.17, 15) is 4.79 Å². The van der Waals surface area contributed by atoms with E-state index < -0.39 is 5.91 Å². The van der Waals surface area contributed by atoms with Gasteiger partial charge in [-0.2, -0.15) is 4.98 Å². The first-order valence-corrected chi connectivity index (χ1v) is 10.7. The number of rotatable bonds is 8. The lowest BCUT2D eigenvalue weighted by molar-refractivity contribution is -0.119. The summed E-state index contributed by atoms with van der Waals surface area (Å²) in [5, 5.41) is 5.13. The van der Waals surface area contributed by atoms with Crippen LogP contribution in [0, 0.1) is 0 Å². The molecule has 4 aromatic rings. The van der Waals surface area contributed by atoms with Crippen molar-refractivity contribution >= 4 is 40.7 Å². The molecule has 4 rings (SSSR count). The Balaban J connectivity index is 1.47. The van der Waals surface area contributed by atoms with Gasteiger partial charge in [0.05, 0.1) is 10.0 Å². The van der Waals surface area contributed by atoms with Crippen LogP contribution in [0.5, 0.6) is 11.5 Å². The van der Waals surface area contributed by atoms with E-state index in [4.69, 9.17) is 54.5 Å². The second kappa shape index (κ2) is 10.1. The molecule has 0 aliphatic carbocycles. The predicted octanol–water partition coefficient (Wildman–Crippen LogP) is 5.81. The van der Waals surface area contributed by atoms with Crippen molar-refractivity contribution in [2.45, 2.75) is 6.61 Å². The highest BCUT2D eigenvalue weighted by atomic mass is 35.5. The number of carbonyl (C=O) groups excluding carboxylic acids is 1. The number of benzene rings is 3. The van der Waals surface area contributed by atoms with Crippen molar-refractivity contribution in [2.75, 3.05) is 6.61 Å². The summed E-state index contributed by atoms with van der Waals surface area (Å²) in [6.45, 7) is 0.0326. The first-order chi connectivity index (χ1) is 15.9. The zero-order valence-electron chi connectivity index (χ0n) is 16.9. The van der Waals surface area contributed by atoms with E-state index in [0.29, 0.717) is 38.3 Å². The Hall–Kier alpha value is -3.26. The molecule has 0 aliphatic rings. The summed E-state index contributed by atoms with van der Waals surface area (Å²) in [7, 11) is 0. The van der Waals surface area contributed by atoms with E-state index in [1.807, 2.05) is 24.3 Å². The summed E-state index contributed by atoms with van der Waals surface area (Å²) >= 11 is 18.3. The fraction of sp³-hybridized carbons (Fsp3) is 0.0870. The number of hydrogen-bond donors (Lipinski definition) is 1. The van der Waals surface area contributed by atoms with Crippen molar-refractivity contribution in [1.29, 1.82) is 0 Å². The molecule has 0 aliphatic heterocycles. The first-order valence-electron chi connectivity index (χ1n) is 9.61. The van der Waals surface area contributed by atoms with Crippen LogP contribution in [0.25, 0.3) is 22.8 Å². The van der Waals surface area contributed by atoms with Gasteiger partial charge in [0, 0.05) is 16.1 Å². The van der Waals surface area contributed by atoms with Gasteiger partial charge >= 0.3 is 0 Å². The Bertz CT molecular complexity index is 1270. The summed E-state index contributed by atoms with van der Waals surface area (Å²) < 4.78 is 16.5. The summed E-state index contributed by atoms with van der Waals surface area (Å²) in [5.41, 5.74) is 7.38. The molecule has 33 heavy (non-hydrogen) atoms. The van der Waals surface area contributed by atoms with Gasteiger partial charge < -0.3 is 19.7 Å². The number of aromatic nitrogens is 2. The molecule has 7 nitrogen and oxygen atoms in total. The van der Waals surface area contributed by atoms with E-state index >= 15 is 0 Å². The molecular weight excluding hydrogens is 489 g/mol. The summed E-state index contributed by atoms with van der Waals surface area (Å²) in [6.07, 6.45) is 0. The Morgan fingerprint density at radius 2 is 1.67 bits per heavy atom. The monoisotopic (exact) mass is 503 g/mol. The van der Waals surface area contributed by atoms with Crippen LogP contribution in [0.15, 0.2) is 65.2 Å². The van der Waals surface area contributed by atoms with Crippen LogP contribution in [0.2, 0.25) is 15.1 Å². The SMILES string of the molecule is NC(=O)COc1ccc(-c2noc(-c3cccc(COc4c(Cl)cc(Cl)cc4Cl)c3)n2)cc1. The van der Waals surface area contributed by atoms with Gasteiger partial charge in [-0.3, -0.25) is 4.79 Å². The predicted molar refractivity (Wildman–Crippen MR) is 126 cm³/mol. The van der Waals surface area contributed by atoms with Crippen LogP contribution in [-0.2, 0) is 11.4 Å². The first kappa shape index (κ1) is 22.9. The van der Waals surface area contributed by atoms with Gasteiger partial charge in [-0.1, -0.05) is 52.1 Å². The van der Waals surface area contributed by atoms with Gasteiger partial charge in [-0.25, -0.2) is 0 Å². The fourth-order valence-electron chi connectivity index (χ4n) is 2.93. The largest absolute Gasteiger partial charge is 0.486 e. The topological polar surface area (TPSA) is 100 Å². The summed E-state index contributed by atoms with van der Waals surface area (Å²) in [6, 6.07) is 17.5. The minimum atomic E-state index is -0.547. The second-order valence-corrected chi connectivity index (χ2v) is 8.14. The molecule has 0 spiro atoms. The number of hydrogen-bond acceptors (Lipinski definition) is 6. The highest BCUT2D eigenvalue weighted by Gasteiger charge is 2.13. The van der Waals surface area contributed by atoms with Crippen LogP contribution in [0.3, 0.4) is 0 Å². The number of primary amides is 1. The molecule has 1 amide bonds. The number of nitrogens with two attached hydrogens (primary N) is 1. The zero-order valence-corrected chi connectivity index (χ0v) is 19.2. The molecule has 0 radical (unpaired) electrons.